The fourth-order valence-electron chi connectivity index (χ4n) is 1.64. The number of hydrogen-bond donors (Lipinski definition) is 1. The van der Waals surface area contributed by atoms with Gasteiger partial charge < -0.3 is 4.42 Å². The van der Waals surface area contributed by atoms with Crippen LogP contribution in [0.15, 0.2) is 28.7 Å². The smallest absolute Gasteiger partial charge is 0.134 e. The lowest BCUT2D eigenvalue weighted by Gasteiger charge is -2.20. The van der Waals surface area contributed by atoms with Crippen molar-refractivity contribution < 1.29 is 13.0 Å². The Kier molecular flexibility index (Phi) is 3.78. The summed E-state index contributed by atoms with van der Waals surface area (Å²) >= 11 is 0. The first-order valence-corrected chi connectivity index (χ1v) is 7.29. The first kappa shape index (κ1) is 14.2. The minimum Gasteiger partial charge on any atom is -0.459 e. The molecule has 3 nitrogen and oxygen atoms in total. The van der Waals surface area contributed by atoms with E-state index >= 15 is 0 Å². The fourth-order valence-corrected chi connectivity index (χ4v) is 2.43. The standard InChI is InChI=1S/C14H18FNO2S/c1-9(16-19(17)14(2,3)4)13-8-10-7-11(15)5-6-12(10)18-13/h5-9,16H,1-4H3/t9-,19?/m1/s1. The molecule has 0 saturated heterocycles. The van der Waals surface area contributed by atoms with E-state index in [1.54, 1.807) is 12.1 Å². The van der Waals surface area contributed by atoms with Gasteiger partial charge in [0, 0.05) is 5.39 Å². The summed E-state index contributed by atoms with van der Waals surface area (Å²) < 4.78 is 33.4. The maximum Gasteiger partial charge on any atom is 0.134 e. The Labute approximate surface area is 114 Å². The lowest BCUT2D eigenvalue weighted by Crippen LogP contribution is -2.34. The quantitative estimate of drug-likeness (QED) is 0.933. The van der Waals surface area contributed by atoms with Gasteiger partial charge in [-0.1, -0.05) is 0 Å². The molecule has 1 heterocycles. The van der Waals surface area contributed by atoms with Crippen molar-refractivity contribution >= 4 is 22.0 Å². The average molecular weight is 283 g/mol. The molecule has 1 aromatic carbocycles. The predicted molar refractivity (Wildman–Crippen MR) is 75.6 cm³/mol. The highest BCUT2D eigenvalue weighted by Crippen LogP contribution is 2.25. The molecular formula is C14H18FNO2S. The van der Waals surface area contributed by atoms with Crippen molar-refractivity contribution in [2.75, 3.05) is 0 Å². The number of halogens is 1. The minimum absolute atomic E-state index is 0.199. The van der Waals surface area contributed by atoms with Crippen molar-refractivity contribution in [3.8, 4) is 0 Å². The van der Waals surface area contributed by atoms with Crippen molar-refractivity contribution in [1.82, 2.24) is 4.72 Å². The van der Waals surface area contributed by atoms with Crippen molar-refractivity contribution in [3.05, 3.63) is 35.8 Å². The highest BCUT2D eigenvalue weighted by Gasteiger charge is 2.23. The van der Waals surface area contributed by atoms with Crippen LogP contribution >= 0.6 is 0 Å². The molecule has 0 aliphatic rings. The second-order valence-corrected chi connectivity index (χ2v) is 7.55. The summed E-state index contributed by atoms with van der Waals surface area (Å²) in [5, 5.41) is 0.713. The number of rotatable bonds is 3. The third kappa shape index (κ3) is 3.22. The van der Waals surface area contributed by atoms with Gasteiger partial charge in [0.2, 0.25) is 0 Å². The molecule has 0 saturated carbocycles. The van der Waals surface area contributed by atoms with Gasteiger partial charge in [0.1, 0.15) is 17.2 Å². The second kappa shape index (κ2) is 5.06. The van der Waals surface area contributed by atoms with E-state index in [4.69, 9.17) is 4.42 Å². The molecule has 2 atom stereocenters. The van der Waals surface area contributed by atoms with Crippen molar-refractivity contribution in [2.45, 2.75) is 38.5 Å². The van der Waals surface area contributed by atoms with Gasteiger partial charge in [0.15, 0.2) is 0 Å². The van der Waals surface area contributed by atoms with Crippen LogP contribution in [0.4, 0.5) is 4.39 Å². The van der Waals surface area contributed by atoms with Crippen LogP contribution < -0.4 is 4.72 Å². The molecule has 5 heteroatoms. The maximum atomic E-state index is 13.1. The molecule has 2 aromatic rings. The summed E-state index contributed by atoms with van der Waals surface area (Å²) in [4.78, 5) is 0. The highest BCUT2D eigenvalue weighted by atomic mass is 32.2. The van der Waals surface area contributed by atoms with E-state index < -0.39 is 11.0 Å². The molecule has 104 valence electrons. The van der Waals surface area contributed by atoms with Crippen molar-refractivity contribution in [3.63, 3.8) is 0 Å². The molecule has 1 N–H and O–H groups in total. The van der Waals surface area contributed by atoms with Gasteiger partial charge in [0.05, 0.1) is 21.8 Å². The van der Waals surface area contributed by atoms with Crippen LogP contribution in [0, 0.1) is 5.82 Å². The van der Waals surface area contributed by atoms with E-state index in [1.807, 2.05) is 27.7 Å². The van der Waals surface area contributed by atoms with E-state index in [9.17, 15) is 8.60 Å². The van der Waals surface area contributed by atoms with Gasteiger partial charge in [0.25, 0.3) is 0 Å². The normalized spacial score (nSPS) is 15.6. The Hall–Kier alpha value is -1.20. The molecule has 19 heavy (non-hydrogen) atoms. The Balaban J connectivity index is 2.22. The number of hydrogen-bond acceptors (Lipinski definition) is 2. The second-order valence-electron chi connectivity index (χ2n) is 5.55. The van der Waals surface area contributed by atoms with Gasteiger partial charge in [-0.2, -0.15) is 0 Å². The number of fused-ring (bicyclic) bond motifs is 1. The van der Waals surface area contributed by atoms with Crippen molar-refractivity contribution in [1.29, 1.82) is 0 Å². The Bertz CT molecular complexity index is 615. The van der Waals surface area contributed by atoms with Gasteiger partial charge in [-0.15, -0.1) is 0 Å². The largest absolute Gasteiger partial charge is 0.459 e. The number of nitrogens with one attached hydrogen (secondary N) is 1. The minimum atomic E-state index is -1.18. The summed E-state index contributed by atoms with van der Waals surface area (Å²) in [7, 11) is -1.18. The zero-order valence-electron chi connectivity index (χ0n) is 11.5. The number of benzene rings is 1. The van der Waals surface area contributed by atoms with Crippen LogP contribution in [-0.4, -0.2) is 8.96 Å². The Morgan fingerprint density at radius 1 is 1.32 bits per heavy atom. The van der Waals surface area contributed by atoms with Gasteiger partial charge in [-0.25, -0.2) is 13.3 Å². The SMILES string of the molecule is C[C@@H](NS(=O)C(C)(C)C)c1cc2cc(F)ccc2o1. The summed E-state index contributed by atoms with van der Waals surface area (Å²) in [6.45, 7) is 7.57. The molecule has 1 aromatic heterocycles. The lowest BCUT2D eigenvalue weighted by molar-refractivity contribution is 0.492. The molecule has 0 bridgehead atoms. The Morgan fingerprint density at radius 2 is 2.00 bits per heavy atom. The van der Waals surface area contributed by atoms with E-state index in [-0.39, 0.29) is 16.6 Å². The molecule has 0 radical (unpaired) electrons. The Morgan fingerprint density at radius 3 is 2.63 bits per heavy atom. The molecule has 0 fully saturated rings. The van der Waals surface area contributed by atoms with Gasteiger partial charge in [-0.3, -0.25) is 0 Å². The summed E-state index contributed by atoms with van der Waals surface area (Å²) in [5.41, 5.74) is 0.631. The fraction of sp³-hybridized carbons (Fsp3) is 0.429. The zero-order valence-corrected chi connectivity index (χ0v) is 12.3. The molecule has 0 aliphatic heterocycles. The van der Waals surface area contributed by atoms with Crippen LogP contribution in [0.3, 0.4) is 0 Å². The molecule has 0 aliphatic carbocycles. The third-order valence-corrected chi connectivity index (χ3v) is 4.44. The van der Waals surface area contributed by atoms with E-state index in [0.29, 0.717) is 16.7 Å². The first-order valence-electron chi connectivity index (χ1n) is 6.14. The van der Waals surface area contributed by atoms with Crippen LogP contribution in [0.5, 0.6) is 0 Å². The zero-order chi connectivity index (χ0) is 14.2. The summed E-state index contributed by atoms with van der Waals surface area (Å²) in [6.07, 6.45) is 0. The van der Waals surface area contributed by atoms with Crippen LogP contribution in [-0.2, 0) is 11.0 Å². The molecule has 0 amide bonds. The van der Waals surface area contributed by atoms with E-state index in [0.717, 1.165) is 0 Å². The van der Waals surface area contributed by atoms with E-state index in [1.165, 1.54) is 12.1 Å². The van der Waals surface area contributed by atoms with Crippen molar-refractivity contribution in [2.24, 2.45) is 0 Å². The molecule has 2 rings (SSSR count). The molecular weight excluding hydrogens is 265 g/mol. The van der Waals surface area contributed by atoms with E-state index in [2.05, 4.69) is 4.72 Å². The maximum absolute atomic E-state index is 13.1. The van der Waals surface area contributed by atoms with Crippen LogP contribution in [0.1, 0.15) is 39.5 Å². The average Bonchev–Trinajstić information content (AvgIpc) is 2.70. The topological polar surface area (TPSA) is 42.2 Å². The lowest BCUT2D eigenvalue weighted by atomic mass is 10.2. The monoisotopic (exact) mass is 283 g/mol. The number of furan rings is 1. The summed E-state index contributed by atoms with van der Waals surface area (Å²) in [6, 6.07) is 5.96. The third-order valence-electron chi connectivity index (χ3n) is 2.76. The summed E-state index contributed by atoms with van der Waals surface area (Å²) in [5.74, 6) is 0.358. The predicted octanol–water partition coefficient (Wildman–Crippen LogP) is 3.68. The van der Waals surface area contributed by atoms with Gasteiger partial charge in [-0.05, 0) is 52.0 Å². The van der Waals surface area contributed by atoms with Crippen LogP contribution in [0.2, 0.25) is 0 Å². The van der Waals surface area contributed by atoms with Crippen LogP contribution in [0.25, 0.3) is 11.0 Å². The first-order chi connectivity index (χ1) is 8.77. The molecule has 1 unspecified atom stereocenters. The highest BCUT2D eigenvalue weighted by molar-refractivity contribution is 7.84. The van der Waals surface area contributed by atoms with Gasteiger partial charge >= 0.3 is 0 Å². The molecule has 0 spiro atoms.